The number of alkyl halides is 1. The summed E-state index contributed by atoms with van der Waals surface area (Å²) in [6.45, 7) is 9.91. The summed E-state index contributed by atoms with van der Waals surface area (Å²) in [6.07, 6.45) is 4.62. The number of ether oxygens (including phenoxy) is 1. The maximum absolute atomic E-state index is 14.1. The Labute approximate surface area is 185 Å². The maximum Gasteiger partial charge on any atom is 0.409 e. The van der Waals surface area contributed by atoms with Crippen LogP contribution in [-0.4, -0.2) is 77.7 Å². The second-order valence-corrected chi connectivity index (χ2v) is 9.93. The Balaban J connectivity index is 1.35. The molecule has 4 rings (SSSR count). The van der Waals surface area contributed by atoms with Gasteiger partial charge in [0.25, 0.3) is 0 Å². The summed E-state index contributed by atoms with van der Waals surface area (Å²) in [5, 5.41) is 0. The fourth-order valence-corrected chi connectivity index (χ4v) is 6.15. The fraction of sp³-hybridized carbons (Fsp3) is 0.833. The number of hydrogen-bond acceptors (Lipinski definition) is 4. The van der Waals surface area contributed by atoms with Gasteiger partial charge in [-0.15, -0.1) is 0 Å². The average molecular weight is 436 g/mol. The highest BCUT2D eigenvalue weighted by molar-refractivity contribution is 5.88. The predicted octanol–water partition coefficient (Wildman–Crippen LogP) is 3.96. The molecule has 0 aromatic heterocycles. The minimum Gasteiger partial charge on any atom is -0.450 e. The van der Waals surface area contributed by atoms with Gasteiger partial charge >= 0.3 is 6.09 Å². The van der Waals surface area contributed by atoms with E-state index in [2.05, 4.69) is 23.6 Å². The van der Waals surface area contributed by atoms with Crippen LogP contribution in [0.15, 0.2) is 11.3 Å². The Morgan fingerprint density at radius 2 is 1.71 bits per heavy atom. The first kappa shape index (κ1) is 22.6. The van der Waals surface area contributed by atoms with Crippen LogP contribution in [0.1, 0.15) is 65.7 Å². The van der Waals surface area contributed by atoms with Crippen molar-refractivity contribution in [1.29, 1.82) is 0 Å². The van der Waals surface area contributed by atoms with Crippen molar-refractivity contribution < 1.29 is 18.7 Å². The molecule has 0 saturated carbocycles. The van der Waals surface area contributed by atoms with Crippen molar-refractivity contribution in [3.8, 4) is 0 Å². The molecule has 0 spiro atoms. The number of carbonyl (C=O) groups excluding carboxylic acids is 2. The number of piperidine rings is 2. The van der Waals surface area contributed by atoms with Crippen LogP contribution in [0, 0.1) is 11.8 Å². The van der Waals surface area contributed by atoms with Crippen LogP contribution >= 0.6 is 0 Å². The van der Waals surface area contributed by atoms with Crippen molar-refractivity contribution in [2.24, 2.45) is 11.8 Å². The second-order valence-electron chi connectivity index (χ2n) is 9.93. The van der Waals surface area contributed by atoms with E-state index in [4.69, 9.17) is 4.74 Å². The third-order valence-electron chi connectivity index (χ3n) is 7.71. The smallest absolute Gasteiger partial charge is 0.409 e. The number of allylic oxidation sites excluding steroid dienone is 1. The number of likely N-dealkylation sites (tertiary alicyclic amines) is 2. The van der Waals surface area contributed by atoms with E-state index in [1.165, 1.54) is 0 Å². The van der Waals surface area contributed by atoms with Crippen molar-refractivity contribution in [3.05, 3.63) is 11.3 Å². The van der Waals surface area contributed by atoms with E-state index in [0.717, 1.165) is 63.1 Å². The zero-order chi connectivity index (χ0) is 22.1. The zero-order valence-corrected chi connectivity index (χ0v) is 19.3. The molecule has 3 heterocycles. The molecular weight excluding hydrogens is 397 g/mol. The van der Waals surface area contributed by atoms with E-state index >= 15 is 0 Å². The fourth-order valence-electron chi connectivity index (χ4n) is 6.15. The van der Waals surface area contributed by atoms with Crippen molar-refractivity contribution in [2.75, 3.05) is 32.8 Å². The zero-order valence-electron chi connectivity index (χ0n) is 19.3. The molecule has 0 aromatic rings. The molecule has 0 N–H and O–H groups in total. The normalized spacial score (nSPS) is 29.1. The first-order chi connectivity index (χ1) is 14.9. The molecule has 7 heteroatoms. The van der Waals surface area contributed by atoms with Crippen LogP contribution in [0.3, 0.4) is 0 Å². The van der Waals surface area contributed by atoms with Crippen LogP contribution in [0.25, 0.3) is 0 Å². The van der Waals surface area contributed by atoms with Gasteiger partial charge in [-0.25, -0.2) is 9.18 Å². The summed E-state index contributed by atoms with van der Waals surface area (Å²) in [4.78, 5) is 31.7. The van der Waals surface area contributed by atoms with Crippen LogP contribution in [0.2, 0.25) is 0 Å². The molecule has 2 unspecified atom stereocenters. The molecule has 0 aromatic carbocycles. The molecule has 4 aliphatic rings. The van der Waals surface area contributed by atoms with Crippen molar-refractivity contribution >= 4 is 12.0 Å². The molecule has 2 amide bonds. The SMILES string of the molecule is CCOC(=O)N1CCC(N2CCC(N3C(=O)C(C(C)C)C4=C3CCC(F)C4)CC2)CC1. The van der Waals surface area contributed by atoms with Crippen LogP contribution in [0.4, 0.5) is 9.18 Å². The van der Waals surface area contributed by atoms with Gasteiger partial charge in [0.2, 0.25) is 5.91 Å². The molecule has 174 valence electrons. The Morgan fingerprint density at radius 1 is 1.06 bits per heavy atom. The van der Waals surface area contributed by atoms with Crippen molar-refractivity contribution in [3.63, 3.8) is 0 Å². The molecule has 2 saturated heterocycles. The highest BCUT2D eigenvalue weighted by Crippen LogP contribution is 2.45. The lowest BCUT2D eigenvalue weighted by Gasteiger charge is -2.43. The van der Waals surface area contributed by atoms with Crippen molar-refractivity contribution in [1.82, 2.24) is 14.7 Å². The number of nitrogens with zero attached hydrogens (tertiary/aromatic N) is 3. The highest BCUT2D eigenvalue weighted by atomic mass is 19.1. The number of hydrogen-bond donors (Lipinski definition) is 0. The van der Waals surface area contributed by atoms with Gasteiger partial charge < -0.3 is 19.4 Å². The topological polar surface area (TPSA) is 53.1 Å². The monoisotopic (exact) mass is 435 g/mol. The van der Waals surface area contributed by atoms with Crippen LogP contribution < -0.4 is 0 Å². The predicted molar refractivity (Wildman–Crippen MR) is 117 cm³/mol. The molecular formula is C24H38FN3O3. The van der Waals surface area contributed by atoms with E-state index in [0.29, 0.717) is 31.9 Å². The Bertz CT molecular complexity index is 709. The number of carbonyl (C=O) groups is 2. The summed E-state index contributed by atoms with van der Waals surface area (Å²) in [5.41, 5.74) is 2.24. The molecule has 6 nitrogen and oxygen atoms in total. The summed E-state index contributed by atoms with van der Waals surface area (Å²) in [7, 11) is 0. The molecule has 2 fully saturated rings. The summed E-state index contributed by atoms with van der Waals surface area (Å²) in [6, 6.07) is 0.745. The Morgan fingerprint density at radius 3 is 2.32 bits per heavy atom. The first-order valence-corrected chi connectivity index (χ1v) is 12.3. The summed E-state index contributed by atoms with van der Waals surface area (Å²) < 4.78 is 19.3. The van der Waals surface area contributed by atoms with E-state index < -0.39 is 6.17 Å². The van der Waals surface area contributed by atoms with Crippen molar-refractivity contribution in [2.45, 2.75) is 84.0 Å². The first-order valence-electron chi connectivity index (χ1n) is 12.3. The number of halogens is 1. The molecule has 0 bridgehead atoms. The Hall–Kier alpha value is -1.63. The molecule has 1 aliphatic carbocycles. The highest BCUT2D eigenvalue weighted by Gasteiger charge is 2.46. The molecule has 31 heavy (non-hydrogen) atoms. The maximum atomic E-state index is 14.1. The van der Waals surface area contributed by atoms with Gasteiger partial charge in [-0.05, 0) is 56.9 Å². The summed E-state index contributed by atoms with van der Waals surface area (Å²) in [5.74, 6) is 0.312. The van der Waals surface area contributed by atoms with Gasteiger partial charge in [0.05, 0.1) is 12.5 Å². The molecule has 0 radical (unpaired) electrons. The van der Waals surface area contributed by atoms with Crippen LogP contribution in [0.5, 0.6) is 0 Å². The third kappa shape index (κ3) is 4.48. The number of amides is 2. The summed E-state index contributed by atoms with van der Waals surface area (Å²) >= 11 is 0. The minimum absolute atomic E-state index is 0.126. The lowest BCUT2D eigenvalue weighted by atomic mass is 9.83. The lowest BCUT2D eigenvalue weighted by Crippen LogP contribution is -2.52. The quantitative estimate of drug-likeness (QED) is 0.671. The van der Waals surface area contributed by atoms with Gasteiger partial charge in [0.15, 0.2) is 0 Å². The van der Waals surface area contributed by atoms with E-state index in [1.807, 2.05) is 11.8 Å². The average Bonchev–Trinajstić information content (AvgIpc) is 3.05. The largest absolute Gasteiger partial charge is 0.450 e. The minimum atomic E-state index is -0.796. The lowest BCUT2D eigenvalue weighted by molar-refractivity contribution is -0.134. The Kier molecular flexibility index (Phi) is 6.89. The van der Waals surface area contributed by atoms with Crippen LogP contribution in [-0.2, 0) is 9.53 Å². The standard InChI is InChI=1S/C24H38FN3O3/c1-4-31-24(30)27-13-7-18(8-14-27)26-11-9-19(10-12-26)28-21-6-5-17(25)15-20(21)22(16(2)3)23(28)29/h16-19,22H,4-15H2,1-3H3. The van der Waals surface area contributed by atoms with Gasteiger partial charge in [-0.3, -0.25) is 4.79 Å². The van der Waals surface area contributed by atoms with Gasteiger partial charge in [0.1, 0.15) is 6.17 Å². The van der Waals surface area contributed by atoms with Gasteiger partial charge in [-0.1, -0.05) is 13.8 Å². The van der Waals surface area contributed by atoms with E-state index in [-0.39, 0.29) is 29.9 Å². The third-order valence-corrected chi connectivity index (χ3v) is 7.71. The molecule has 2 atom stereocenters. The van der Waals surface area contributed by atoms with E-state index in [9.17, 15) is 14.0 Å². The van der Waals surface area contributed by atoms with Gasteiger partial charge in [0, 0.05) is 50.4 Å². The number of rotatable bonds is 4. The van der Waals surface area contributed by atoms with Gasteiger partial charge in [-0.2, -0.15) is 0 Å². The van der Waals surface area contributed by atoms with E-state index in [1.54, 1.807) is 0 Å². The second kappa shape index (κ2) is 9.47. The molecule has 3 aliphatic heterocycles.